The normalized spacial score (nSPS) is 21.0. The summed E-state index contributed by atoms with van der Waals surface area (Å²) in [6, 6.07) is 14.4. The summed E-state index contributed by atoms with van der Waals surface area (Å²) in [5.74, 6) is 1.93. The summed E-state index contributed by atoms with van der Waals surface area (Å²) in [7, 11) is 0. The van der Waals surface area contributed by atoms with E-state index in [-0.39, 0.29) is 6.17 Å². The number of nitrogens with zero attached hydrogens (tertiary/aromatic N) is 3. The minimum absolute atomic E-state index is 0.221. The highest BCUT2D eigenvalue weighted by Crippen LogP contribution is 2.29. The number of halogens is 1. The van der Waals surface area contributed by atoms with Gasteiger partial charge in [-0.3, -0.25) is 10.3 Å². The van der Waals surface area contributed by atoms with Gasteiger partial charge in [-0.1, -0.05) is 35.9 Å². The average Bonchev–Trinajstić information content (AvgIpc) is 3.06. The Bertz CT molecular complexity index is 1000. The second-order valence-corrected chi connectivity index (χ2v) is 8.58. The molecule has 6 heteroatoms. The quantitative estimate of drug-likeness (QED) is 0.804. The third-order valence-corrected chi connectivity index (χ3v) is 6.47. The minimum atomic E-state index is 0.221. The SMILES string of the molecule is Cc1cc(Cl)ccc1C1=CCN(CCC2NN=C3c4ccccc4OCCN32)CC1. The molecule has 5 nitrogen and oxygen atoms in total. The number of ether oxygens (including phenoxy) is 1. The highest BCUT2D eigenvalue weighted by atomic mass is 35.5. The van der Waals surface area contributed by atoms with Gasteiger partial charge in [0.2, 0.25) is 0 Å². The smallest absolute Gasteiger partial charge is 0.161 e. The molecule has 0 bridgehead atoms. The molecular formula is C24H27ClN4O. The molecule has 3 aliphatic rings. The molecule has 1 atom stereocenters. The van der Waals surface area contributed by atoms with Crippen LogP contribution in [0.25, 0.3) is 5.57 Å². The minimum Gasteiger partial charge on any atom is -0.491 e. The largest absolute Gasteiger partial charge is 0.491 e. The van der Waals surface area contributed by atoms with Crippen molar-refractivity contribution in [3.63, 3.8) is 0 Å². The number of rotatable bonds is 4. The predicted molar refractivity (Wildman–Crippen MR) is 122 cm³/mol. The van der Waals surface area contributed by atoms with E-state index in [9.17, 15) is 0 Å². The number of hydrazone groups is 1. The molecular weight excluding hydrogens is 396 g/mol. The van der Waals surface area contributed by atoms with E-state index in [0.29, 0.717) is 6.61 Å². The summed E-state index contributed by atoms with van der Waals surface area (Å²) in [5, 5.41) is 5.45. The van der Waals surface area contributed by atoms with Crippen LogP contribution in [0.4, 0.5) is 0 Å². The fourth-order valence-electron chi connectivity index (χ4n) is 4.60. The number of benzene rings is 2. The number of nitrogens with one attached hydrogen (secondary N) is 1. The molecule has 0 saturated heterocycles. The van der Waals surface area contributed by atoms with Crippen LogP contribution in [-0.2, 0) is 0 Å². The van der Waals surface area contributed by atoms with Gasteiger partial charge in [0.25, 0.3) is 0 Å². The van der Waals surface area contributed by atoms with Gasteiger partial charge in [-0.2, -0.15) is 5.10 Å². The second kappa shape index (κ2) is 8.32. The standard InChI is InChI=1S/C24H27ClN4O/c1-17-16-19(25)6-7-20(17)18-8-11-28(12-9-18)13-10-23-26-27-24-21-4-2-3-5-22(21)30-15-14-29(23)24/h2-8,16,23,26H,9-15H2,1H3. The second-order valence-electron chi connectivity index (χ2n) is 8.15. The van der Waals surface area contributed by atoms with Crippen LogP contribution in [0.15, 0.2) is 53.6 Å². The van der Waals surface area contributed by atoms with Crippen LogP contribution in [0.1, 0.15) is 29.5 Å². The molecule has 1 N–H and O–H groups in total. The lowest BCUT2D eigenvalue weighted by atomic mass is 9.95. The van der Waals surface area contributed by atoms with Crippen LogP contribution in [0, 0.1) is 6.92 Å². The van der Waals surface area contributed by atoms with E-state index < -0.39 is 0 Å². The fraction of sp³-hybridized carbons (Fsp3) is 0.375. The van der Waals surface area contributed by atoms with Crippen molar-refractivity contribution in [2.75, 3.05) is 32.8 Å². The molecule has 0 radical (unpaired) electrons. The molecule has 30 heavy (non-hydrogen) atoms. The lowest BCUT2D eigenvalue weighted by Gasteiger charge is -2.30. The highest BCUT2D eigenvalue weighted by molar-refractivity contribution is 6.30. The topological polar surface area (TPSA) is 40.1 Å². The van der Waals surface area contributed by atoms with Gasteiger partial charge in [-0.15, -0.1) is 0 Å². The third-order valence-electron chi connectivity index (χ3n) is 6.23. The zero-order valence-corrected chi connectivity index (χ0v) is 18.0. The Kier molecular flexibility index (Phi) is 5.40. The van der Waals surface area contributed by atoms with Crippen molar-refractivity contribution in [2.24, 2.45) is 5.10 Å². The van der Waals surface area contributed by atoms with Gasteiger partial charge in [0.05, 0.1) is 12.1 Å². The van der Waals surface area contributed by atoms with Crippen molar-refractivity contribution >= 4 is 23.0 Å². The number of aryl methyl sites for hydroxylation is 1. The van der Waals surface area contributed by atoms with E-state index in [1.54, 1.807) is 0 Å². The van der Waals surface area contributed by atoms with Crippen LogP contribution < -0.4 is 10.2 Å². The Balaban J connectivity index is 1.20. The molecule has 0 spiro atoms. The van der Waals surface area contributed by atoms with E-state index in [1.807, 2.05) is 24.3 Å². The van der Waals surface area contributed by atoms with Crippen molar-refractivity contribution in [3.8, 4) is 5.75 Å². The first-order chi connectivity index (χ1) is 14.7. The molecule has 156 valence electrons. The number of hydrogen-bond donors (Lipinski definition) is 1. The summed E-state index contributed by atoms with van der Waals surface area (Å²) in [4.78, 5) is 4.88. The van der Waals surface area contributed by atoms with Crippen molar-refractivity contribution in [2.45, 2.75) is 25.9 Å². The van der Waals surface area contributed by atoms with Gasteiger partial charge < -0.3 is 9.64 Å². The summed E-state index contributed by atoms with van der Waals surface area (Å²) >= 11 is 6.11. The Hall–Kier alpha value is -2.50. The Morgan fingerprint density at radius 2 is 2.07 bits per heavy atom. The van der Waals surface area contributed by atoms with Gasteiger partial charge in [0, 0.05) is 31.1 Å². The summed E-state index contributed by atoms with van der Waals surface area (Å²) in [5.41, 5.74) is 8.46. The van der Waals surface area contributed by atoms with E-state index in [4.69, 9.17) is 16.3 Å². The number of fused-ring (bicyclic) bond motifs is 3. The maximum absolute atomic E-state index is 6.11. The first kappa shape index (κ1) is 19.5. The summed E-state index contributed by atoms with van der Waals surface area (Å²) in [6.07, 6.45) is 4.70. The maximum atomic E-state index is 6.11. The Labute approximate surface area is 183 Å². The molecule has 5 rings (SSSR count). The fourth-order valence-corrected chi connectivity index (χ4v) is 4.82. The van der Waals surface area contributed by atoms with Gasteiger partial charge in [0.15, 0.2) is 5.84 Å². The number of amidine groups is 1. The molecule has 2 aromatic rings. The molecule has 0 saturated carbocycles. The van der Waals surface area contributed by atoms with Crippen LogP contribution >= 0.6 is 11.6 Å². The molecule has 0 aliphatic carbocycles. The van der Waals surface area contributed by atoms with E-state index in [2.05, 4.69) is 51.5 Å². The third kappa shape index (κ3) is 3.80. The Morgan fingerprint density at radius 3 is 2.90 bits per heavy atom. The zero-order valence-electron chi connectivity index (χ0n) is 17.3. The average molecular weight is 423 g/mol. The van der Waals surface area contributed by atoms with Gasteiger partial charge in [-0.25, -0.2) is 0 Å². The van der Waals surface area contributed by atoms with Crippen molar-refractivity contribution in [3.05, 3.63) is 70.3 Å². The first-order valence-corrected chi connectivity index (χ1v) is 11.1. The molecule has 0 amide bonds. The van der Waals surface area contributed by atoms with E-state index in [1.165, 1.54) is 16.7 Å². The van der Waals surface area contributed by atoms with Gasteiger partial charge in [-0.05, 0) is 54.3 Å². The summed E-state index contributed by atoms with van der Waals surface area (Å²) < 4.78 is 5.92. The monoisotopic (exact) mass is 422 g/mol. The van der Waals surface area contributed by atoms with Crippen molar-refractivity contribution < 1.29 is 4.74 Å². The number of hydrogen-bond acceptors (Lipinski definition) is 5. The van der Waals surface area contributed by atoms with E-state index >= 15 is 0 Å². The molecule has 0 fully saturated rings. The van der Waals surface area contributed by atoms with Crippen LogP contribution in [0.2, 0.25) is 5.02 Å². The van der Waals surface area contributed by atoms with Crippen LogP contribution in [0.3, 0.4) is 0 Å². The molecule has 3 aliphatic heterocycles. The lowest BCUT2D eigenvalue weighted by Crippen LogP contribution is -2.44. The maximum Gasteiger partial charge on any atom is 0.161 e. The molecule has 0 aromatic heterocycles. The first-order valence-electron chi connectivity index (χ1n) is 10.7. The van der Waals surface area contributed by atoms with Gasteiger partial charge in [0.1, 0.15) is 18.5 Å². The van der Waals surface area contributed by atoms with Crippen molar-refractivity contribution in [1.29, 1.82) is 0 Å². The van der Waals surface area contributed by atoms with Crippen LogP contribution in [-0.4, -0.2) is 54.6 Å². The van der Waals surface area contributed by atoms with Gasteiger partial charge >= 0.3 is 0 Å². The number of para-hydroxylation sites is 1. The molecule has 2 aromatic carbocycles. The zero-order chi connectivity index (χ0) is 20.5. The highest BCUT2D eigenvalue weighted by Gasteiger charge is 2.32. The molecule has 3 heterocycles. The predicted octanol–water partition coefficient (Wildman–Crippen LogP) is 4.11. The lowest BCUT2D eigenvalue weighted by molar-refractivity contribution is 0.205. The Morgan fingerprint density at radius 1 is 1.17 bits per heavy atom. The van der Waals surface area contributed by atoms with Crippen LogP contribution in [0.5, 0.6) is 5.75 Å². The molecule has 1 unspecified atom stereocenters. The summed E-state index contributed by atoms with van der Waals surface area (Å²) in [6.45, 7) is 6.79. The van der Waals surface area contributed by atoms with E-state index in [0.717, 1.165) is 61.2 Å². The van der Waals surface area contributed by atoms with Crippen molar-refractivity contribution in [1.82, 2.24) is 15.2 Å².